The summed E-state index contributed by atoms with van der Waals surface area (Å²) in [5.41, 5.74) is 5.00. The summed E-state index contributed by atoms with van der Waals surface area (Å²) < 4.78 is 5.77. The third-order valence-corrected chi connectivity index (χ3v) is 6.35. The second-order valence-corrected chi connectivity index (χ2v) is 8.35. The number of carboxylic acids is 1. The first-order chi connectivity index (χ1) is 15.0. The van der Waals surface area contributed by atoms with Gasteiger partial charge in [-0.3, -0.25) is 4.90 Å². The molecule has 1 aromatic heterocycles. The number of carbonyl (C=O) groups is 1. The number of ether oxygens (including phenoxy) is 1. The van der Waals surface area contributed by atoms with Gasteiger partial charge in [-0.15, -0.1) is 0 Å². The van der Waals surface area contributed by atoms with Gasteiger partial charge in [-0.2, -0.15) is 0 Å². The van der Waals surface area contributed by atoms with E-state index in [1.54, 1.807) is 19.2 Å². The number of piperazine rings is 1. The van der Waals surface area contributed by atoms with E-state index in [4.69, 9.17) is 4.74 Å². The summed E-state index contributed by atoms with van der Waals surface area (Å²) >= 11 is 0. The Hall–Kier alpha value is -2.83. The van der Waals surface area contributed by atoms with Crippen molar-refractivity contribution in [2.75, 3.05) is 33.3 Å². The van der Waals surface area contributed by atoms with Crippen molar-refractivity contribution in [2.45, 2.75) is 32.9 Å². The molecule has 3 aromatic rings. The van der Waals surface area contributed by atoms with Gasteiger partial charge in [0.25, 0.3) is 0 Å². The highest BCUT2D eigenvalue weighted by Gasteiger charge is 2.29. The van der Waals surface area contributed by atoms with Crippen LogP contribution in [0.25, 0.3) is 10.9 Å². The summed E-state index contributed by atoms with van der Waals surface area (Å²) in [7, 11) is 1.73. The van der Waals surface area contributed by atoms with Gasteiger partial charge in [0.05, 0.1) is 12.7 Å². The van der Waals surface area contributed by atoms with E-state index in [2.05, 4.69) is 40.8 Å². The number of methoxy groups -OCH3 is 1. The molecule has 1 aliphatic heterocycles. The van der Waals surface area contributed by atoms with Crippen LogP contribution in [-0.4, -0.2) is 59.1 Å². The molecule has 0 radical (unpaired) electrons. The number of nitrogens with one attached hydrogen (secondary N) is 1. The van der Waals surface area contributed by atoms with Crippen LogP contribution in [0.15, 0.2) is 42.6 Å². The summed E-state index contributed by atoms with van der Waals surface area (Å²) in [6.07, 6.45) is 3.11. The molecule has 1 unspecified atom stereocenters. The van der Waals surface area contributed by atoms with Crippen LogP contribution in [0.5, 0.6) is 5.75 Å². The molecule has 0 saturated carbocycles. The van der Waals surface area contributed by atoms with Gasteiger partial charge in [0.2, 0.25) is 0 Å². The van der Waals surface area contributed by atoms with Gasteiger partial charge in [0, 0.05) is 54.9 Å². The van der Waals surface area contributed by atoms with Crippen LogP contribution in [0, 0.1) is 6.92 Å². The smallest absolute Gasteiger partial charge is 0.335 e. The van der Waals surface area contributed by atoms with Crippen LogP contribution in [0.1, 0.15) is 46.4 Å². The Morgan fingerprint density at radius 2 is 2.00 bits per heavy atom. The Morgan fingerprint density at radius 1 is 1.23 bits per heavy atom. The molecule has 6 nitrogen and oxygen atoms in total. The summed E-state index contributed by atoms with van der Waals surface area (Å²) in [5, 5.41) is 10.5. The Labute approximate surface area is 183 Å². The number of aromatic carboxylic acids is 1. The number of aromatic amines is 1. The molecule has 1 saturated heterocycles. The van der Waals surface area contributed by atoms with Crippen LogP contribution < -0.4 is 4.74 Å². The van der Waals surface area contributed by atoms with E-state index in [1.165, 1.54) is 16.5 Å². The van der Waals surface area contributed by atoms with Crippen LogP contribution in [-0.2, 0) is 6.54 Å². The average molecular weight is 422 g/mol. The van der Waals surface area contributed by atoms with E-state index < -0.39 is 5.97 Å². The standard InChI is InChI=1S/C25H31N3O3/c1-4-11-27-12-13-28(22(16-27)18-5-7-19(8-6-18)25(29)30)15-21-20-9-10-26-24(20)17(2)14-23(21)31-3/h5-10,14,22,26H,4,11-13,15-16H2,1-3H3,(H,29,30). The number of fused-ring (bicyclic) bond motifs is 1. The quantitative estimate of drug-likeness (QED) is 0.590. The summed E-state index contributed by atoms with van der Waals surface area (Å²) in [5.74, 6) is 0.0273. The van der Waals surface area contributed by atoms with Gasteiger partial charge >= 0.3 is 5.97 Å². The molecule has 0 spiro atoms. The van der Waals surface area contributed by atoms with Gasteiger partial charge in [0.1, 0.15) is 5.75 Å². The number of hydrogen-bond donors (Lipinski definition) is 2. The Morgan fingerprint density at radius 3 is 2.68 bits per heavy atom. The third-order valence-electron chi connectivity index (χ3n) is 6.35. The van der Waals surface area contributed by atoms with Crippen molar-refractivity contribution < 1.29 is 14.6 Å². The molecule has 164 valence electrons. The van der Waals surface area contributed by atoms with Gasteiger partial charge in [-0.05, 0) is 55.3 Å². The minimum absolute atomic E-state index is 0.197. The molecule has 0 bridgehead atoms. The Kier molecular flexibility index (Phi) is 6.30. The molecular weight excluding hydrogens is 390 g/mol. The maximum Gasteiger partial charge on any atom is 0.335 e. The molecule has 2 heterocycles. The van der Waals surface area contributed by atoms with Gasteiger partial charge in [-0.25, -0.2) is 4.79 Å². The largest absolute Gasteiger partial charge is 0.496 e. The van der Waals surface area contributed by atoms with E-state index in [9.17, 15) is 9.90 Å². The van der Waals surface area contributed by atoms with Crippen molar-refractivity contribution in [2.24, 2.45) is 0 Å². The minimum atomic E-state index is -0.890. The maximum atomic E-state index is 11.3. The van der Waals surface area contributed by atoms with E-state index in [1.807, 2.05) is 18.3 Å². The van der Waals surface area contributed by atoms with Crippen LogP contribution in [0.2, 0.25) is 0 Å². The minimum Gasteiger partial charge on any atom is -0.496 e. The molecular formula is C25H31N3O3. The summed E-state index contributed by atoms with van der Waals surface area (Å²) in [6, 6.07) is 11.8. The first-order valence-corrected chi connectivity index (χ1v) is 10.9. The monoisotopic (exact) mass is 421 g/mol. The number of nitrogens with zero attached hydrogens (tertiary/aromatic N) is 2. The number of aromatic nitrogens is 1. The predicted molar refractivity (Wildman–Crippen MR) is 123 cm³/mol. The third kappa shape index (κ3) is 4.31. The fourth-order valence-electron chi connectivity index (χ4n) is 4.73. The maximum absolute atomic E-state index is 11.3. The summed E-state index contributed by atoms with van der Waals surface area (Å²) in [4.78, 5) is 19.7. The average Bonchev–Trinajstić information content (AvgIpc) is 3.27. The highest BCUT2D eigenvalue weighted by Crippen LogP contribution is 2.35. The zero-order valence-corrected chi connectivity index (χ0v) is 18.5. The van der Waals surface area contributed by atoms with E-state index in [0.717, 1.165) is 56.0 Å². The molecule has 31 heavy (non-hydrogen) atoms. The second-order valence-electron chi connectivity index (χ2n) is 8.35. The van der Waals surface area contributed by atoms with Crippen molar-refractivity contribution in [1.29, 1.82) is 0 Å². The lowest BCUT2D eigenvalue weighted by molar-refractivity contribution is 0.0674. The zero-order valence-electron chi connectivity index (χ0n) is 18.5. The Balaban J connectivity index is 1.69. The topological polar surface area (TPSA) is 68.8 Å². The van der Waals surface area contributed by atoms with E-state index >= 15 is 0 Å². The number of hydrogen-bond acceptors (Lipinski definition) is 4. The SMILES string of the molecule is CCCN1CCN(Cc2c(OC)cc(C)c3[nH]ccc23)C(c2ccc(C(=O)O)cc2)C1. The lowest BCUT2D eigenvalue weighted by atomic mass is 9.98. The van der Waals surface area contributed by atoms with Crippen molar-refractivity contribution in [3.05, 3.63) is 64.8 Å². The number of H-pyrrole nitrogens is 1. The first kappa shape index (κ1) is 21.4. The lowest BCUT2D eigenvalue weighted by Gasteiger charge is -2.42. The first-order valence-electron chi connectivity index (χ1n) is 10.9. The molecule has 0 aliphatic carbocycles. The molecule has 0 amide bonds. The molecule has 6 heteroatoms. The van der Waals surface area contributed by atoms with Gasteiger partial charge < -0.3 is 19.7 Å². The lowest BCUT2D eigenvalue weighted by Crippen LogP contribution is -2.48. The Bertz CT molecular complexity index is 1060. The molecule has 1 aliphatic rings. The van der Waals surface area contributed by atoms with E-state index in [-0.39, 0.29) is 6.04 Å². The number of rotatable bonds is 7. The number of benzene rings is 2. The predicted octanol–water partition coefficient (Wildman–Crippen LogP) is 4.45. The number of aryl methyl sites for hydroxylation is 1. The molecule has 2 N–H and O–H groups in total. The normalized spacial score (nSPS) is 17.8. The zero-order chi connectivity index (χ0) is 22.0. The van der Waals surface area contributed by atoms with Crippen molar-refractivity contribution in [3.8, 4) is 5.75 Å². The van der Waals surface area contributed by atoms with Gasteiger partial charge in [-0.1, -0.05) is 19.1 Å². The van der Waals surface area contributed by atoms with Crippen molar-refractivity contribution in [3.63, 3.8) is 0 Å². The molecule has 4 rings (SSSR count). The highest BCUT2D eigenvalue weighted by atomic mass is 16.5. The molecule has 1 atom stereocenters. The highest BCUT2D eigenvalue weighted by molar-refractivity contribution is 5.88. The van der Waals surface area contributed by atoms with E-state index in [0.29, 0.717) is 5.56 Å². The molecule has 1 fully saturated rings. The second kappa shape index (κ2) is 9.12. The van der Waals surface area contributed by atoms with Gasteiger partial charge in [0.15, 0.2) is 0 Å². The fourth-order valence-corrected chi connectivity index (χ4v) is 4.73. The van der Waals surface area contributed by atoms with Crippen molar-refractivity contribution >= 4 is 16.9 Å². The van der Waals surface area contributed by atoms with Crippen LogP contribution >= 0.6 is 0 Å². The summed E-state index contributed by atoms with van der Waals surface area (Å²) in [6.45, 7) is 9.09. The number of carboxylic acid groups (broad SMARTS) is 1. The molecule has 2 aromatic carbocycles. The van der Waals surface area contributed by atoms with Crippen molar-refractivity contribution in [1.82, 2.24) is 14.8 Å². The fraction of sp³-hybridized carbons (Fsp3) is 0.400. The van der Waals surface area contributed by atoms with Crippen LogP contribution in [0.3, 0.4) is 0 Å². The van der Waals surface area contributed by atoms with Crippen LogP contribution in [0.4, 0.5) is 0 Å².